The molecule has 0 radical (unpaired) electrons. The van der Waals surface area contributed by atoms with E-state index < -0.39 is 0 Å². The van der Waals surface area contributed by atoms with Gasteiger partial charge < -0.3 is 0 Å². The Morgan fingerprint density at radius 1 is 0.524 bits per heavy atom. The van der Waals surface area contributed by atoms with Crippen LogP contribution in [0.15, 0.2) is 60.7 Å². The zero-order valence-electron chi connectivity index (χ0n) is 11.9. The summed E-state index contributed by atoms with van der Waals surface area (Å²) in [6, 6.07) is 23.1. The van der Waals surface area contributed by atoms with Gasteiger partial charge >= 0.3 is 0 Å². The standard InChI is InChI=1S/C21H16/c1-2-15-5-9-17(10-6-15)21-13-19-11-18(19)12-20(21)16-7-3-14(1)4-8-16/h3-10,12-13H,1-2,11H2. The van der Waals surface area contributed by atoms with Gasteiger partial charge in [0.05, 0.1) is 0 Å². The summed E-state index contributed by atoms with van der Waals surface area (Å²) < 4.78 is 0. The summed E-state index contributed by atoms with van der Waals surface area (Å²) in [7, 11) is 0. The second kappa shape index (κ2) is 4.08. The summed E-state index contributed by atoms with van der Waals surface area (Å²) in [6.45, 7) is 0. The van der Waals surface area contributed by atoms with E-state index in [0.29, 0.717) is 0 Å². The second-order valence-electron chi connectivity index (χ2n) is 6.24. The van der Waals surface area contributed by atoms with Crippen molar-refractivity contribution >= 4 is 0 Å². The van der Waals surface area contributed by atoms with Crippen LogP contribution in [0.25, 0.3) is 22.3 Å². The van der Waals surface area contributed by atoms with Crippen molar-refractivity contribution in [3.05, 3.63) is 82.9 Å². The van der Waals surface area contributed by atoms with Crippen LogP contribution in [0.3, 0.4) is 0 Å². The molecule has 0 saturated carbocycles. The van der Waals surface area contributed by atoms with Gasteiger partial charge in [0.1, 0.15) is 0 Å². The van der Waals surface area contributed by atoms with E-state index in [1.54, 1.807) is 0 Å². The van der Waals surface area contributed by atoms with Crippen LogP contribution in [0.5, 0.6) is 0 Å². The molecule has 8 rings (SSSR count). The Hall–Kier alpha value is -2.34. The van der Waals surface area contributed by atoms with Crippen molar-refractivity contribution < 1.29 is 0 Å². The van der Waals surface area contributed by atoms with Crippen LogP contribution in [0.1, 0.15) is 22.3 Å². The number of aryl methyl sites for hydroxylation is 2. The zero-order chi connectivity index (χ0) is 13.8. The lowest BCUT2D eigenvalue weighted by Crippen LogP contribution is -1.94. The van der Waals surface area contributed by atoms with Crippen molar-refractivity contribution in [2.24, 2.45) is 0 Å². The number of rotatable bonds is 0. The molecular weight excluding hydrogens is 252 g/mol. The lowest BCUT2D eigenvalue weighted by Gasteiger charge is -2.13. The van der Waals surface area contributed by atoms with Gasteiger partial charge in [0.25, 0.3) is 0 Å². The first-order valence-electron chi connectivity index (χ1n) is 7.71. The van der Waals surface area contributed by atoms with Gasteiger partial charge in [-0.2, -0.15) is 0 Å². The van der Waals surface area contributed by atoms with E-state index in [-0.39, 0.29) is 0 Å². The summed E-state index contributed by atoms with van der Waals surface area (Å²) >= 11 is 0. The molecule has 0 unspecified atom stereocenters. The Kier molecular flexibility index (Phi) is 2.20. The van der Waals surface area contributed by atoms with E-state index in [1.165, 1.54) is 50.9 Å². The van der Waals surface area contributed by atoms with Crippen LogP contribution in [0.2, 0.25) is 0 Å². The normalized spacial score (nSPS) is 14.1. The number of benzene rings is 3. The molecule has 5 aliphatic rings. The lowest BCUT2D eigenvalue weighted by atomic mass is 9.91. The highest BCUT2D eigenvalue weighted by atomic mass is 14.2. The highest BCUT2D eigenvalue weighted by molar-refractivity contribution is 5.86. The minimum Gasteiger partial charge on any atom is -0.0584 e. The van der Waals surface area contributed by atoms with Crippen LogP contribution < -0.4 is 0 Å². The fraction of sp³-hybridized carbons (Fsp3) is 0.143. The van der Waals surface area contributed by atoms with Crippen LogP contribution in [-0.2, 0) is 19.3 Å². The summed E-state index contributed by atoms with van der Waals surface area (Å²) in [5.41, 5.74) is 11.3. The quantitative estimate of drug-likeness (QED) is 0.420. The number of hydrogen-bond acceptors (Lipinski definition) is 0. The van der Waals surface area contributed by atoms with Crippen LogP contribution in [0.4, 0.5) is 0 Å². The maximum atomic E-state index is 2.39. The summed E-state index contributed by atoms with van der Waals surface area (Å²) in [5, 5.41) is 0. The van der Waals surface area contributed by atoms with Crippen molar-refractivity contribution in [2.75, 3.05) is 0 Å². The van der Waals surface area contributed by atoms with Gasteiger partial charge in [-0.25, -0.2) is 0 Å². The molecular formula is C21H16. The average molecular weight is 268 g/mol. The summed E-state index contributed by atoms with van der Waals surface area (Å²) in [4.78, 5) is 0. The molecule has 0 N–H and O–H groups in total. The van der Waals surface area contributed by atoms with Gasteiger partial charge in [-0.15, -0.1) is 0 Å². The Balaban J connectivity index is 1.83. The van der Waals surface area contributed by atoms with Gasteiger partial charge in [0, 0.05) is 0 Å². The summed E-state index contributed by atoms with van der Waals surface area (Å²) in [6.07, 6.45) is 3.41. The van der Waals surface area contributed by atoms with Gasteiger partial charge in [-0.3, -0.25) is 0 Å². The molecule has 4 bridgehead atoms. The number of fused-ring (bicyclic) bond motifs is 1. The SMILES string of the molecule is c1cc2ccc1CCc1ccc(cc1)-c1cc3c(cc1-2)C3. The van der Waals surface area contributed by atoms with Gasteiger partial charge in [-0.1, -0.05) is 48.5 Å². The second-order valence-corrected chi connectivity index (χ2v) is 6.24. The molecule has 0 amide bonds. The summed E-state index contributed by atoms with van der Waals surface area (Å²) in [5.74, 6) is 0. The average Bonchev–Trinajstić information content (AvgIpc) is 3.30. The van der Waals surface area contributed by atoms with E-state index in [0.717, 1.165) is 12.8 Å². The molecule has 100 valence electrons. The predicted octanol–water partition coefficient (Wildman–Crippen LogP) is 5.02. The molecule has 5 aliphatic carbocycles. The van der Waals surface area contributed by atoms with Crippen molar-refractivity contribution in [1.82, 2.24) is 0 Å². The van der Waals surface area contributed by atoms with Crippen LogP contribution >= 0.6 is 0 Å². The maximum absolute atomic E-state index is 2.39. The largest absolute Gasteiger partial charge is 0.0584 e. The Labute approximate surface area is 125 Å². The van der Waals surface area contributed by atoms with Crippen LogP contribution in [-0.4, -0.2) is 0 Å². The van der Waals surface area contributed by atoms with Crippen molar-refractivity contribution in [2.45, 2.75) is 19.3 Å². The first kappa shape index (κ1) is 11.3. The highest BCUT2D eigenvalue weighted by Crippen LogP contribution is 2.41. The minimum absolute atomic E-state index is 1.12. The van der Waals surface area contributed by atoms with Gasteiger partial charge in [-0.05, 0) is 75.9 Å². The molecule has 0 fully saturated rings. The first-order chi connectivity index (χ1) is 10.4. The fourth-order valence-corrected chi connectivity index (χ4v) is 3.42. The van der Waals surface area contributed by atoms with E-state index in [1.807, 2.05) is 0 Å². The third-order valence-electron chi connectivity index (χ3n) is 4.83. The molecule has 3 aromatic rings. The Morgan fingerprint density at radius 2 is 0.952 bits per heavy atom. The Morgan fingerprint density at radius 3 is 1.38 bits per heavy atom. The van der Waals surface area contributed by atoms with E-state index in [2.05, 4.69) is 60.7 Å². The molecule has 0 spiro atoms. The monoisotopic (exact) mass is 268 g/mol. The molecule has 0 heterocycles. The Bertz CT molecular complexity index is 764. The van der Waals surface area contributed by atoms with Gasteiger partial charge in [0.2, 0.25) is 0 Å². The topological polar surface area (TPSA) is 0 Å². The molecule has 0 atom stereocenters. The van der Waals surface area contributed by atoms with Gasteiger partial charge in [0.15, 0.2) is 0 Å². The third-order valence-corrected chi connectivity index (χ3v) is 4.83. The smallest absolute Gasteiger partial charge is 0.00196 e. The first-order valence-corrected chi connectivity index (χ1v) is 7.71. The third kappa shape index (κ3) is 1.83. The molecule has 21 heavy (non-hydrogen) atoms. The van der Waals surface area contributed by atoms with E-state index in [9.17, 15) is 0 Å². The molecule has 0 aliphatic heterocycles. The van der Waals surface area contributed by atoms with E-state index in [4.69, 9.17) is 0 Å². The highest BCUT2D eigenvalue weighted by Gasteiger charge is 2.21. The molecule has 0 saturated heterocycles. The number of hydrogen-bond donors (Lipinski definition) is 0. The molecule has 3 aromatic carbocycles. The maximum Gasteiger partial charge on any atom is -0.00196 e. The lowest BCUT2D eigenvalue weighted by molar-refractivity contribution is 0.960. The van der Waals surface area contributed by atoms with E-state index >= 15 is 0 Å². The predicted molar refractivity (Wildman–Crippen MR) is 87.5 cm³/mol. The molecule has 0 nitrogen and oxygen atoms in total. The zero-order valence-corrected chi connectivity index (χ0v) is 11.9. The van der Waals surface area contributed by atoms with Crippen molar-refractivity contribution in [1.29, 1.82) is 0 Å². The minimum atomic E-state index is 1.12. The molecule has 0 heteroatoms. The van der Waals surface area contributed by atoms with Crippen molar-refractivity contribution in [3.8, 4) is 22.3 Å². The van der Waals surface area contributed by atoms with Crippen molar-refractivity contribution in [3.63, 3.8) is 0 Å². The van der Waals surface area contributed by atoms with Crippen LogP contribution in [0, 0.1) is 0 Å². The fourth-order valence-electron chi connectivity index (χ4n) is 3.42. The molecule has 0 aromatic heterocycles.